The number of halogens is 2. The van der Waals surface area contributed by atoms with Crippen molar-refractivity contribution in [2.24, 2.45) is 0 Å². The topological polar surface area (TPSA) is 122 Å². The highest BCUT2D eigenvalue weighted by Crippen LogP contribution is 2.31. The number of imide groups is 1. The summed E-state index contributed by atoms with van der Waals surface area (Å²) in [7, 11) is -3.94. The minimum atomic E-state index is -3.94. The van der Waals surface area contributed by atoms with E-state index in [9.17, 15) is 18.0 Å². The largest absolute Gasteiger partial charge is 0.350 e. The minimum absolute atomic E-state index is 0.0304. The van der Waals surface area contributed by atoms with Crippen molar-refractivity contribution >= 4 is 62.3 Å². The number of hydrogen-bond acceptors (Lipinski definition) is 7. The number of carbonyl (C=O) groups is 2. The average molecular weight is 507 g/mol. The Morgan fingerprint density at radius 1 is 1.00 bits per heavy atom. The predicted octanol–water partition coefficient (Wildman–Crippen LogP) is 4.18. The number of carbonyl (C=O) groups excluding carboxylic acids is 2. The summed E-state index contributed by atoms with van der Waals surface area (Å²) in [6.07, 6.45) is 0. The Balaban J connectivity index is 1.53. The first-order valence-corrected chi connectivity index (χ1v) is 11.7. The molecule has 170 valence electrons. The van der Waals surface area contributed by atoms with Gasteiger partial charge in [0.1, 0.15) is 10.7 Å². The fourth-order valence-electron chi connectivity index (χ4n) is 3.01. The van der Waals surface area contributed by atoms with E-state index >= 15 is 0 Å². The van der Waals surface area contributed by atoms with Gasteiger partial charge in [-0.3, -0.25) is 9.59 Å². The molecule has 0 atom stereocenters. The van der Waals surface area contributed by atoms with Gasteiger partial charge in [0.15, 0.2) is 0 Å². The van der Waals surface area contributed by atoms with Crippen LogP contribution >= 0.6 is 23.2 Å². The predicted molar refractivity (Wildman–Crippen MR) is 124 cm³/mol. The molecule has 0 saturated heterocycles. The Bertz CT molecular complexity index is 1410. The van der Waals surface area contributed by atoms with E-state index in [0.717, 1.165) is 4.90 Å². The van der Waals surface area contributed by atoms with Crippen LogP contribution in [0.3, 0.4) is 0 Å². The number of aromatic nitrogens is 1. The summed E-state index contributed by atoms with van der Waals surface area (Å²) in [6.45, 7) is 3.38. The van der Waals surface area contributed by atoms with Gasteiger partial charge in [-0.1, -0.05) is 34.4 Å². The summed E-state index contributed by atoms with van der Waals surface area (Å²) < 4.78 is 32.6. The lowest BCUT2D eigenvalue weighted by molar-refractivity contribution is -0.120. The van der Waals surface area contributed by atoms with E-state index in [1.807, 2.05) is 0 Å². The molecule has 0 fully saturated rings. The summed E-state index contributed by atoms with van der Waals surface area (Å²) in [6, 6.07) is 11.8. The highest BCUT2D eigenvalue weighted by molar-refractivity contribution is 7.92. The summed E-state index contributed by atoms with van der Waals surface area (Å²) in [5.74, 6) is -1.34. The van der Waals surface area contributed by atoms with E-state index in [-0.39, 0.29) is 27.2 Å². The Morgan fingerprint density at radius 3 is 2.30 bits per heavy atom. The molecule has 1 aromatic heterocycles. The molecule has 2 heterocycles. The van der Waals surface area contributed by atoms with Crippen LogP contribution < -0.4 is 14.9 Å². The van der Waals surface area contributed by atoms with Crippen LogP contribution in [0, 0.1) is 13.8 Å². The number of anilines is 3. The van der Waals surface area contributed by atoms with Gasteiger partial charge in [0.05, 0.1) is 16.3 Å². The molecule has 0 spiro atoms. The lowest BCUT2D eigenvalue weighted by Gasteiger charge is -2.15. The third-order valence-electron chi connectivity index (χ3n) is 4.91. The normalized spacial score (nSPS) is 14.2. The maximum Gasteiger partial charge on any atom is 0.283 e. The molecule has 12 heteroatoms. The van der Waals surface area contributed by atoms with E-state index in [1.165, 1.54) is 30.3 Å². The maximum absolute atomic E-state index is 12.8. The minimum Gasteiger partial charge on any atom is -0.350 e. The number of amides is 2. The second-order valence-corrected chi connectivity index (χ2v) is 9.59. The number of nitrogens with zero attached hydrogens (tertiary/aromatic N) is 2. The highest BCUT2D eigenvalue weighted by Gasteiger charge is 2.39. The second kappa shape index (κ2) is 8.54. The number of hydrogen-bond donors (Lipinski definition) is 2. The van der Waals surface area contributed by atoms with E-state index < -0.39 is 21.8 Å². The molecular weight excluding hydrogens is 491 g/mol. The molecule has 3 aromatic rings. The third-order valence-corrected chi connectivity index (χ3v) is 6.84. The van der Waals surface area contributed by atoms with Crippen molar-refractivity contribution in [1.82, 2.24) is 5.16 Å². The van der Waals surface area contributed by atoms with Crippen LogP contribution in [0.4, 0.5) is 17.3 Å². The van der Waals surface area contributed by atoms with Crippen LogP contribution in [-0.2, 0) is 19.6 Å². The number of sulfonamides is 1. The molecule has 1 aliphatic rings. The molecule has 0 bridgehead atoms. The Kier molecular flexibility index (Phi) is 5.91. The van der Waals surface area contributed by atoms with E-state index in [4.69, 9.17) is 27.7 Å². The van der Waals surface area contributed by atoms with Gasteiger partial charge in [-0.2, -0.15) is 0 Å². The van der Waals surface area contributed by atoms with Gasteiger partial charge in [0.2, 0.25) is 5.88 Å². The van der Waals surface area contributed by atoms with Gasteiger partial charge in [-0.05, 0) is 56.3 Å². The van der Waals surface area contributed by atoms with Gasteiger partial charge in [-0.25, -0.2) is 18.0 Å². The fourth-order valence-corrected chi connectivity index (χ4v) is 4.46. The molecule has 2 amide bonds. The Labute approximate surface area is 199 Å². The summed E-state index contributed by atoms with van der Waals surface area (Å²) in [5, 5.41) is 6.56. The van der Waals surface area contributed by atoms with Crippen molar-refractivity contribution < 1.29 is 22.5 Å². The Hall–Kier alpha value is -3.34. The van der Waals surface area contributed by atoms with Crippen molar-refractivity contribution in [2.45, 2.75) is 18.7 Å². The van der Waals surface area contributed by atoms with Crippen LogP contribution in [0.1, 0.15) is 11.3 Å². The smallest absolute Gasteiger partial charge is 0.283 e. The molecule has 4 rings (SSSR count). The lowest BCUT2D eigenvalue weighted by Crippen LogP contribution is -2.32. The van der Waals surface area contributed by atoms with Gasteiger partial charge in [-0.15, -0.1) is 0 Å². The number of aryl methyl sites for hydroxylation is 1. The standard InChI is InChI=1S/C21H16Cl2N4O5S/c1-11-12(2)25-32-19(11)26-33(30,31)16-8-6-14(7-9-16)24-18-17(23)20(28)27(21(18)29)15-5-3-4-13(22)10-15/h3-10,24,26H,1-2H3. The molecule has 9 nitrogen and oxygen atoms in total. The number of rotatable bonds is 6. The highest BCUT2D eigenvalue weighted by atomic mass is 35.5. The molecule has 0 unspecified atom stereocenters. The summed E-state index contributed by atoms with van der Waals surface area (Å²) >= 11 is 12.1. The van der Waals surface area contributed by atoms with Gasteiger partial charge >= 0.3 is 0 Å². The molecule has 0 aliphatic carbocycles. The summed E-state index contributed by atoms with van der Waals surface area (Å²) in [4.78, 5) is 26.2. The maximum atomic E-state index is 12.8. The van der Waals surface area contributed by atoms with Crippen LogP contribution in [0.5, 0.6) is 0 Å². The second-order valence-electron chi connectivity index (χ2n) is 7.09. The van der Waals surface area contributed by atoms with Crippen molar-refractivity contribution in [3.8, 4) is 0 Å². The summed E-state index contributed by atoms with van der Waals surface area (Å²) in [5.41, 5.74) is 1.64. The Morgan fingerprint density at radius 2 is 1.70 bits per heavy atom. The zero-order valence-electron chi connectivity index (χ0n) is 17.2. The van der Waals surface area contributed by atoms with Crippen molar-refractivity contribution in [2.75, 3.05) is 14.9 Å². The monoisotopic (exact) mass is 506 g/mol. The number of benzene rings is 2. The quantitative estimate of drug-likeness (QED) is 0.480. The van der Waals surface area contributed by atoms with Crippen LogP contribution in [0.15, 0.2) is 68.7 Å². The van der Waals surface area contributed by atoms with E-state index in [0.29, 0.717) is 22.0 Å². The number of nitrogens with one attached hydrogen (secondary N) is 2. The van der Waals surface area contributed by atoms with Crippen LogP contribution in [0.25, 0.3) is 0 Å². The van der Waals surface area contributed by atoms with Gasteiger partial charge in [0.25, 0.3) is 21.8 Å². The zero-order chi connectivity index (χ0) is 23.9. The van der Waals surface area contributed by atoms with Crippen molar-refractivity contribution in [1.29, 1.82) is 0 Å². The van der Waals surface area contributed by atoms with Crippen LogP contribution in [0.2, 0.25) is 5.02 Å². The molecular formula is C21H16Cl2N4O5S. The van der Waals surface area contributed by atoms with Crippen molar-refractivity contribution in [3.05, 3.63) is 75.5 Å². The molecule has 0 radical (unpaired) electrons. The lowest BCUT2D eigenvalue weighted by atomic mass is 10.3. The molecule has 2 N–H and O–H groups in total. The van der Waals surface area contributed by atoms with Crippen molar-refractivity contribution in [3.63, 3.8) is 0 Å². The molecule has 2 aromatic carbocycles. The molecule has 33 heavy (non-hydrogen) atoms. The fraction of sp³-hybridized carbons (Fsp3) is 0.0952. The zero-order valence-corrected chi connectivity index (χ0v) is 19.5. The SMILES string of the molecule is Cc1noc(NS(=O)(=O)c2ccc(NC3=C(Cl)C(=O)N(c4cccc(Cl)c4)C3=O)cc2)c1C. The molecule has 1 aliphatic heterocycles. The first-order valence-electron chi connectivity index (χ1n) is 9.45. The first kappa shape index (κ1) is 22.8. The average Bonchev–Trinajstić information content (AvgIpc) is 3.19. The van der Waals surface area contributed by atoms with Crippen LogP contribution in [-0.4, -0.2) is 25.4 Å². The van der Waals surface area contributed by atoms with Gasteiger partial charge < -0.3 is 9.84 Å². The van der Waals surface area contributed by atoms with E-state index in [2.05, 4.69) is 15.2 Å². The molecule has 0 saturated carbocycles. The van der Waals surface area contributed by atoms with Gasteiger partial charge in [0, 0.05) is 16.3 Å². The van der Waals surface area contributed by atoms with E-state index in [1.54, 1.807) is 32.0 Å². The third kappa shape index (κ3) is 4.32. The first-order chi connectivity index (χ1) is 15.6.